The van der Waals surface area contributed by atoms with Gasteiger partial charge in [-0.25, -0.2) is 0 Å². The van der Waals surface area contributed by atoms with E-state index in [1.54, 1.807) is 0 Å². The molecule has 0 radical (unpaired) electrons. The molecule has 128 valence electrons. The lowest BCUT2D eigenvalue weighted by molar-refractivity contribution is -0.138. The highest BCUT2D eigenvalue weighted by atomic mass is 16.5. The molecule has 0 spiro atoms. The summed E-state index contributed by atoms with van der Waals surface area (Å²) >= 11 is 0. The van der Waals surface area contributed by atoms with Crippen LogP contribution in [0.25, 0.3) is 0 Å². The zero-order valence-electron chi connectivity index (χ0n) is 14.0. The van der Waals surface area contributed by atoms with Gasteiger partial charge in [0.15, 0.2) is 0 Å². The smallest absolute Gasteiger partial charge is 0.317 e. The third-order valence-corrected chi connectivity index (χ3v) is 4.95. The largest absolute Gasteiger partial charge is 0.480 e. The first-order valence-corrected chi connectivity index (χ1v) is 8.88. The molecular weight excluding hydrogens is 280 g/mol. The molecule has 2 rings (SSSR count). The van der Waals surface area contributed by atoms with Gasteiger partial charge in [-0.15, -0.1) is 0 Å². The summed E-state index contributed by atoms with van der Waals surface area (Å²) in [6.45, 7) is 4.68. The van der Waals surface area contributed by atoms with Crippen LogP contribution in [-0.2, 0) is 9.53 Å². The van der Waals surface area contributed by atoms with E-state index in [9.17, 15) is 4.79 Å². The second-order valence-corrected chi connectivity index (χ2v) is 7.03. The minimum Gasteiger partial charge on any atom is -0.480 e. The van der Waals surface area contributed by atoms with Crippen LogP contribution in [0.1, 0.15) is 44.9 Å². The van der Waals surface area contributed by atoms with Gasteiger partial charge in [0.25, 0.3) is 0 Å². The molecule has 22 heavy (non-hydrogen) atoms. The van der Waals surface area contributed by atoms with Crippen LogP contribution in [-0.4, -0.2) is 73.4 Å². The maximum atomic E-state index is 10.7. The van der Waals surface area contributed by atoms with Crippen LogP contribution in [0.2, 0.25) is 0 Å². The lowest BCUT2D eigenvalue weighted by Crippen LogP contribution is -2.47. The average molecular weight is 312 g/mol. The predicted molar refractivity (Wildman–Crippen MR) is 87.1 cm³/mol. The maximum absolute atomic E-state index is 10.7. The van der Waals surface area contributed by atoms with Gasteiger partial charge in [-0.1, -0.05) is 32.1 Å². The summed E-state index contributed by atoms with van der Waals surface area (Å²) in [4.78, 5) is 15.0. The van der Waals surface area contributed by atoms with Crippen molar-refractivity contribution in [3.63, 3.8) is 0 Å². The monoisotopic (exact) mass is 312 g/mol. The summed E-state index contributed by atoms with van der Waals surface area (Å²) in [5.74, 6) is 0.190. The Labute approximate surface area is 134 Å². The summed E-state index contributed by atoms with van der Waals surface area (Å²) in [5.41, 5.74) is 0. The first-order valence-electron chi connectivity index (χ1n) is 8.88. The number of rotatable bonds is 8. The minimum absolute atomic E-state index is 0.0849. The Morgan fingerprint density at radius 1 is 1.32 bits per heavy atom. The number of carboxylic acids is 1. The number of carbonyl (C=O) groups is 1. The molecule has 2 aliphatic rings. The Morgan fingerprint density at radius 3 is 2.82 bits per heavy atom. The number of morpholine rings is 1. The number of aliphatic carboxylic acids is 1. The molecule has 1 aliphatic carbocycles. The SMILES string of the molecule is CN(CC(=O)O)CC1CN(CCCC2CCCCC2)CCO1. The standard InChI is InChI=1S/C17H32N2O3/c1-18(14-17(20)21)12-16-13-19(10-11-22-16)9-5-8-15-6-3-2-4-7-15/h15-16H,2-14H2,1H3,(H,20,21). The van der Waals surface area contributed by atoms with E-state index in [4.69, 9.17) is 9.84 Å². The summed E-state index contributed by atoms with van der Waals surface area (Å²) in [7, 11) is 1.85. The van der Waals surface area contributed by atoms with Crippen LogP contribution in [0.4, 0.5) is 0 Å². The molecule has 1 saturated carbocycles. The summed E-state index contributed by atoms with van der Waals surface area (Å²) < 4.78 is 5.78. The van der Waals surface area contributed by atoms with Crippen molar-refractivity contribution in [1.29, 1.82) is 0 Å². The Kier molecular flexibility index (Phi) is 7.63. The summed E-state index contributed by atoms with van der Waals surface area (Å²) in [6, 6.07) is 0. The summed E-state index contributed by atoms with van der Waals surface area (Å²) in [5, 5.41) is 8.81. The van der Waals surface area contributed by atoms with Gasteiger partial charge in [0.1, 0.15) is 0 Å². The number of hydrogen-bond acceptors (Lipinski definition) is 4. The normalized spacial score (nSPS) is 24.7. The van der Waals surface area contributed by atoms with E-state index in [0.29, 0.717) is 6.54 Å². The van der Waals surface area contributed by atoms with Crippen LogP contribution in [0.3, 0.4) is 0 Å². The lowest BCUT2D eigenvalue weighted by atomic mass is 9.86. The molecule has 1 aliphatic heterocycles. The molecule has 1 unspecified atom stereocenters. The molecular formula is C17H32N2O3. The zero-order valence-corrected chi connectivity index (χ0v) is 14.0. The molecule has 2 fully saturated rings. The fraction of sp³-hybridized carbons (Fsp3) is 0.941. The topological polar surface area (TPSA) is 53.0 Å². The van der Waals surface area contributed by atoms with E-state index in [2.05, 4.69) is 4.90 Å². The van der Waals surface area contributed by atoms with Gasteiger partial charge in [0, 0.05) is 19.6 Å². The van der Waals surface area contributed by atoms with Crippen molar-refractivity contribution in [1.82, 2.24) is 9.80 Å². The van der Waals surface area contributed by atoms with Crippen LogP contribution < -0.4 is 0 Å². The molecule has 0 aromatic rings. The Hall–Kier alpha value is -0.650. The number of likely N-dealkylation sites (N-methyl/N-ethyl adjacent to an activating group) is 1. The van der Waals surface area contributed by atoms with Crippen molar-refractivity contribution in [2.75, 3.05) is 46.4 Å². The van der Waals surface area contributed by atoms with Crippen molar-refractivity contribution in [3.05, 3.63) is 0 Å². The van der Waals surface area contributed by atoms with Crippen molar-refractivity contribution in [2.45, 2.75) is 51.0 Å². The number of hydrogen-bond donors (Lipinski definition) is 1. The van der Waals surface area contributed by atoms with Gasteiger partial charge < -0.3 is 9.84 Å². The third kappa shape index (κ3) is 6.63. The van der Waals surface area contributed by atoms with E-state index in [1.165, 1.54) is 51.5 Å². The van der Waals surface area contributed by atoms with Crippen LogP contribution in [0, 0.1) is 5.92 Å². The van der Waals surface area contributed by atoms with E-state index in [-0.39, 0.29) is 12.6 Å². The van der Waals surface area contributed by atoms with Gasteiger partial charge >= 0.3 is 5.97 Å². The van der Waals surface area contributed by atoms with E-state index in [1.807, 2.05) is 11.9 Å². The van der Waals surface area contributed by atoms with E-state index in [0.717, 1.165) is 25.6 Å². The van der Waals surface area contributed by atoms with E-state index < -0.39 is 5.97 Å². The zero-order chi connectivity index (χ0) is 15.8. The molecule has 1 heterocycles. The lowest BCUT2D eigenvalue weighted by Gasteiger charge is -2.35. The number of ether oxygens (including phenoxy) is 1. The van der Waals surface area contributed by atoms with E-state index >= 15 is 0 Å². The van der Waals surface area contributed by atoms with Gasteiger partial charge in [-0.2, -0.15) is 0 Å². The van der Waals surface area contributed by atoms with Crippen LogP contribution in [0.15, 0.2) is 0 Å². The highest BCUT2D eigenvalue weighted by molar-refractivity contribution is 5.68. The van der Waals surface area contributed by atoms with Crippen LogP contribution >= 0.6 is 0 Å². The highest BCUT2D eigenvalue weighted by Crippen LogP contribution is 2.27. The molecule has 1 saturated heterocycles. The predicted octanol–water partition coefficient (Wildman–Crippen LogP) is 2.06. The Bertz CT molecular complexity index is 332. The minimum atomic E-state index is -0.775. The Balaban J connectivity index is 1.61. The molecule has 5 heteroatoms. The average Bonchev–Trinajstić information content (AvgIpc) is 2.48. The van der Waals surface area contributed by atoms with Crippen molar-refractivity contribution in [3.8, 4) is 0 Å². The second-order valence-electron chi connectivity index (χ2n) is 7.03. The number of nitrogens with zero attached hydrogens (tertiary/aromatic N) is 2. The fourth-order valence-corrected chi connectivity index (χ4v) is 3.82. The van der Waals surface area contributed by atoms with Crippen molar-refractivity contribution < 1.29 is 14.6 Å². The molecule has 0 bridgehead atoms. The molecule has 0 amide bonds. The second kappa shape index (κ2) is 9.48. The third-order valence-electron chi connectivity index (χ3n) is 4.95. The van der Waals surface area contributed by atoms with Gasteiger partial charge in [0.05, 0.1) is 19.3 Å². The molecule has 5 nitrogen and oxygen atoms in total. The highest BCUT2D eigenvalue weighted by Gasteiger charge is 2.22. The van der Waals surface area contributed by atoms with Crippen molar-refractivity contribution in [2.24, 2.45) is 5.92 Å². The van der Waals surface area contributed by atoms with Crippen molar-refractivity contribution >= 4 is 5.97 Å². The maximum Gasteiger partial charge on any atom is 0.317 e. The molecule has 1 N–H and O–H groups in total. The Morgan fingerprint density at radius 2 is 2.09 bits per heavy atom. The molecule has 1 atom stereocenters. The first kappa shape index (κ1) is 17.7. The first-order chi connectivity index (χ1) is 10.6. The molecule has 0 aromatic carbocycles. The number of carboxylic acid groups (broad SMARTS) is 1. The fourth-order valence-electron chi connectivity index (χ4n) is 3.82. The van der Waals surface area contributed by atoms with Gasteiger partial charge in [-0.3, -0.25) is 14.6 Å². The molecule has 0 aromatic heterocycles. The van der Waals surface area contributed by atoms with Gasteiger partial charge in [0.2, 0.25) is 0 Å². The van der Waals surface area contributed by atoms with Gasteiger partial charge in [-0.05, 0) is 32.4 Å². The van der Waals surface area contributed by atoms with Crippen LogP contribution in [0.5, 0.6) is 0 Å². The summed E-state index contributed by atoms with van der Waals surface area (Å²) in [6.07, 6.45) is 9.99. The quantitative estimate of drug-likeness (QED) is 0.743.